The second kappa shape index (κ2) is 9.63. The highest BCUT2D eigenvalue weighted by Gasteiger charge is 2.30. The molecule has 1 atom stereocenters. The maximum atomic E-state index is 15.7. The molecule has 6 nitrogen and oxygen atoms in total. The van der Waals surface area contributed by atoms with Crippen molar-refractivity contribution in [2.45, 2.75) is 51.4 Å². The monoisotopic (exact) mass is 471 g/mol. The summed E-state index contributed by atoms with van der Waals surface area (Å²) < 4.78 is 21.6. The average Bonchev–Trinajstić information content (AvgIpc) is 3.47. The molecule has 1 aliphatic rings. The maximum Gasteiger partial charge on any atom is 0.289 e. The van der Waals surface area contributed by atoms with Gasteiger partial charge in [0.25, 0.3) is 5.91 Å². The van der Waals surface area contributed by atoms with Gasteiger partial charge in [0.05, 0.1) is 10.4 Å². The minimum absolute atomic E-state index is 0.0858. The van der Waals surface area contributed by atoms with E-state index in [-0.39, 0.29) is 35.2 Å². The van der Waals surface area contributed by atoms with Gasteiger partial charge in [-0.2, -0.15) is 0 Å². The second-order valence-electron chi connectivity index (χ2n) is 9.18. The third-order valence-electron chi connectivity index (χ3n) is 6.28. The summed E-state index contributed by atoms with van der Waals surface area (Å²) in [6, 6.07) is 3.39. The van der Waals surface area contributed by atoms with Crippen molar-refractivity contribution in [3.8, 4) is 0 Å². The van der Waals surface area contributed by atoms with Gasteiger partial charge in [-0.15, -0.1) is 11.3 Å². The summed E-state index contributed by atoms with van der Waals surface area (Å²) in [5.74, 6) is -0.417. The Morgan fingerprint density at radius 1 is 1.33 bits per heavy atom. The third kappa shape index (κ3) is 4.81. The van der Waals surface area contributed by atoms with E-state index in [1.165, 1.54) is 11.0 Å². The van der Waals surface area contributed by atoms with E-state index >= 15 is 4.39 Å². The van der Waals surface area contributed by atoms with Crippen LogP contribution in [-0.4, -0.2) is 53.8 Å². The number of hydrogen-bond acceptors (Lipinski definition) is 5. The molecule has 1 aromatic carbocycles. The van der Waals surface area contributed by atoms with Crippen LogP contribution in [0.4, 0.5) is 4.39 Å². The molecule has 33 heavy (non-hydrogen) atoms. The number of benzene rings is 1. The fourth-order valence-electron chi connectivity index (χ4n) is 4.48. The predicted octanol–water partition coefficient (Wildman–Crippen LogP) is 5.19. The van der Waals surface area contributed by atoms with Crippen LogP contribution < -0.4 is 0 Å². The Bertz CT molecular complexity index is 1150. The Balaban J connectivity index is 1.61. The number of halogens is 1. The van der Waals surface area contributed by atoms with Crippen LogP contribution in [-0.2, 0) is 11.2 Å². The molecule has 0 aliphatic carbocycles. The second-order valence-corrected chi connectivity index (χ2v) is 10.2. The van der Waals surface area contributed by atoms with Gasteiger partial charge in [-0.3, -0.25) is 9.59 Å². The predicted molar refractivity (Wildman–Crippen MR) is 127 cm³/mol. The first-order chi connectivity index (χ1) is 15.8. The molecule has 3 aromatic rings. The van der Waals surface area contributed by atoms with Crippen molar-refractivity contribution in [3.63, 3.8) is 0 Å². The van der Waals surface area contributed by atoms with Crippen molar-refractivity contribution >= 4 is 34.1 Å². The van der Waals surface area contributed by atoms with Crippen LogP contribution >= 0.6 is 11.3 Å². The number of carbonyl (C=O) groups is 2. The molecule has 0 bridgehead atoms. The molecule has 3 heterocycles. The summed E-state index contributed by atoms with van der Waals surface area (Å²) in [6.07, 6.45) is 4.44. The largest absolute Gasteiger partial charge is 0.450 e. The third-order valence-corrected chi connectivity index (χ3v) is 7.12. The quantitative estimate of drug-likeness (QED) is 0.496. The summed E-state index contributed by atoms with van der Waals surface area (Å²) in [5, 5.41) is 3.21. The normalized spacial score (nSPS) is 16.5. The van der Waals surface area contributed by atoms with Crippen LogP contribution in [0.3, 0.4) is 0 Å². The van der Waals surface area contributed by atoms with Gasteiger partial charge in [0.15, 0.2) is 5.76 Å². The fraction of sp³-hybridized carbons (Fsp3) is 0.480. The number of nitrogens with zero attached hydrogens (tertiary/aromatic N) is 3. The first-order valence-electron chi connectivity index (χ1n) is 11.4. The molecule has 8 heteroatoms. The number of piperidine rings is 1. The molecule has 1 fully saturated rings. The molecular formula is C25H30FN3O3S. The molecule has 4 rings (SSSR count). The number of aryl methyl sites for hydroxylation is 1. The smallest absolute Gasteiger partial charge is 0.289 e. The zero-order chi connectivity index (χ0) is 23.7. The number of furan rings is 1. The van der Waals surface area contributed by atoms with Gasteiger partial charge in [0.1, 0.15) is 11.4 Å². The van der Waals surface area contributed by atoms with Crippen molar-refractivity contribution in [3.05, 3.63) is 51.4 Å². The number of amides is 2. The molecule has 0 unspecified atom stereocenters. The van der Waals surface area contributed by atoms with Crippen LogP contribution in [0, 0.1) is 5.82 Å². The Morgan fingerprint density at radius 2 is 2.12 bits per heavy atom. The number of aromatic nitrogens is 1. The summed E-state index contributed by atoms with van der Waals surface area (Å²) in [7, 11) is 3.28. The number of carbonyl (C=O) groups excluding carboxylic acids is 2. The van der Waals surface area contributed by atoms with E-state index in [4.69, 9.17) is 4.42 Å². The molecule has 2 aromatic heterocycles. The van der Waals surface area contributed by atoms with Gasteiger partial charge < -0.3 is 14.2 Å². The Hall–Kier alpha value is -2.74. The van der Waals surface area contributed by atoms with E-state index in [9.17, 15) is 9.59 Å². The lowest BCUT2D eigenvalue weighted by atomic mass is 9.86. The average molecular weight is 472 g/mol. The van der Waals surface area contributed by atoms with E-state index in [2.05, 4.69) is 4.98 Å². The van der Waals surface area contributed by atoms with Gasteiger partial charge in [-0.05, 0) is 36.0 Å². The van der Waals surface area contributed by atoms with Crippen LogP contribution in [0.2, 0.25) is 0 Å². The van der Waals surface area contributed by atoms with Gasteiger partial charge in [0, 0.05) is 63.6 Å². The van der Waals surface area contributed by atoms with Crippen molar-refractivity contribution in [2.75, 3.05) is 27.2 Å². The topological polar surface area (TPSA) is 66.7 Å². The van der Waals surface area contributed by atoms with Gasteiger partial charge in [-0.25, -0.2) is 9.37 Å². The molecule has 0 N–H and O–H groups in total. The molecule has 0 radical (unpaired) electrons. The fourth-order valence-corrected chi connectivity index (χ4v) is 5.10. The highest BCUT2D eigenvalue weighted by molar-refractivity contribution is 7.09. The zero-order valence-corrected chi connectivity index (χ0v) is 20.4. The molecule has 0 spiro atoms. The molecule has 1 aliphatic heterocycles. The number of likely N-dealkylation sites (tertiary alicyclic amines) is 1. The summed E-state index contributed by atoms with van der Waals surface area (Å²) in [4.78, 5) is 32.8. The summed E-state index contributed by atoms with van der Waals surface area (Å²) in [5.41, 5.74) is 1.92. The van der Waals surface area contributed by atoms with Crippen molar-refractivity contribution < 1.29 is 18.4 Å². The van der Waals surface area contributed by atoms with E-state index < -0.39 is 0 Å². The lowest BCUT2D eigenvalue weighted by molar-refractivity contribution is -0.132. The number of rotatable bonds is 6. The SMILES string of the molecule is CC(C)c1cc([C@@H]2CCCN(C(=O)CCc3nccs3)C2)c(F)c2cc(C(=O)N(C)C)oc12. The Labute approximate surface area is 197 Å². The molecular weight excluding hydrogens is 441 g/mol. The van der Waals surface area contributed by atoms with E-state index in [0.717, 1.165) is 23.4 Å². The van der Waals surface area contributed by atoms with Crippen molar-refractivity contribution in [1.29, 1.82) is 0 Å². The van der Waals surface area contributed by atoms with Gasteiger partial charge >= 0.3 is 0 Å². The molecule has 2 amide bonds. The lowest BCUT2D eigenvalue weighted by Crippen LogP contribution is -2.39. The van der Waals surface area contributed by atoms with Crippen molar-refractivity contribution in [1.82, 2.24) is 14.8 Å². The minimum Gasteiger partial charge on any atom is -0.450 e. The Morgan fingerprint density at radius 3 is 2.79 bits per heavy atom. The lowest BCUT2D eigenvalue weighted by Gasteiger charge is -2.33. The Kier molecular flexibility index (Phi) is 6.83. The highest BCUT2D eigenvalue weighted by Crippen LogP contribution is 2.38. The van der Waals surface area contributed by atoms with Crippen LogP contribution in [0.1, 0.15) is 71.6 Å². The van der Waals surface area contributed by atoms with Crippen LogP contribution in [0.5, 0.6) is 0 Å². The highest BCUT2D eigenvalue weighted by atomic mass is 32.1. The van der Waals surface area contributed by atoms with Crippen LogP contribution in [0.25, 0.3) is 11.0 Å². The number of thiazole rings is 1. The maximum absolute atomic E-state index is 15.7. The first-order valence-corrected chi connectivity index (χ1v) is 12.3. The number of fused-ring (bicyclic) bond motifs is 1. The van der Waals surface area contributed by atoms with Crippen LogP contribution in [0.15, 0.2) is 28.1 Å². The molecule has 0 saturated carbocycles. The minimum atomic E-state index is -0.349. The van der Waals surface area contributed by atoms with E-state index in [1.807, 2.05) is 30.2 Å². The molecule has 1 saturated heterocycles. The summed E-state index contributed by atoms with van der Waals surface area (Å²) >= 11 is 1.55. The number of hydrogen-bond donors (Lipinski definition) is 0. The van der Waals surface area contributed by atoms with Crippen molar-refractivity contribution in [2.24, 2.45) is 0 Å². The van der Waals surface area contributed by atoms with Gasteiger partial charge in [0.2, 0.25) is 5.91 Å². The van der Waals surface area contributed by atoms with Gasteiger partial charge in [-0.1, -0.05) is 13.8 Å². The van der Waals surface area contributed by atoms with E-state index in [1.54, 1.807) is 31.6 Å². The summed E-state index contributed by atoms with van der Waals surface area (Å²) in [6.45, 7) is 5.25. The standard InChI is InChI=1S/C25H30FN3O3S/c1-15(2)17-12-18(23(26)19-13-20(32-24(17)19)25(31)28(3)4)16-6-5-10-29(14-16)22(30)8-7-21-27-9-11-33-21/h9,11-13,15-16H,5-8,10,14H2,1-4H3/t16-/m1/s1. The zero-order valence-electron chi connectivity index (χ0n) is 19.6. The molecule has 176 valence electrons. The van der Waals surface area contributed by atoms with E-state index in [0.29, 0.717) is 42.5 Å². The first kappa shape index (κ1) is 23.4.